The maximum atomic E-state index is 12.7. The van der Waals surface area contributed by atoms with Gasteiger partial charge >= 0.3 is 6.09 Å². The monoisotopic (exact) mass is 330 g/mol. The van der Waals surface area contributed by atoms with Crippen molar-refractivity contribution in [2.24, 2.45) is 5.41 Å². The van der Waals surface area contributed by atoms with Crippen LogP contribution < -0.4 is 0 Å². The Hall–Kier alpha value is -1.23. The summed E-state index contributed by atoms with van der Waals surface area (Å²) in [6, 6.07) is -0.672. The number of halogens is 1. The number of carbonyl (C=O) groups excluding carboxylic acids is 2. The van der Waals surface area contributed by atoms with Crippen LogP contribution in [-0.2, 0) is 9.53 Å². The van der Waals surface area contributed by atoms with Crippen LogP contribution in [0.15, 0.2) is 11.6 Å². The van der Waals surface area contributed by atoms with E-state index in [0.717, 1.165) is 0 Å². The second kappa shape index (κ2) is 6.11. The molecule has 22 heavy (non-hydrogen) atoms. The standard InChI is InChI=1S/C16H27ClN2O3/c1-10(17)9-11-12(20)18(8)13(15(2,3)4)19(11)14(21)22-16(5,6)7/h11,13H,1,9H2,2-8H3/t11-,13-/m0/s1. The first-order chi connectivity index (χ1) is 9.75. The van der Waals surface area contributed by atoms with Crippen LogP contribution in [0, 0.1) is 5.41 Å². The third-order valence-electron chi connectivity index (χ3n) is 3.39. The van der Waals surface area contributed by atoms with Gasteiger partial charge in [-0.2, -0.15) is 0 Å². The van der Waals surface area contributed by atoms with Gasteiger partial charge < -0.3 is 9.64 Å². The number of nitrogens with zero attached hydrogens (tertiary/aromatic N) is 2. The van der Waals surface area contributed by atoms with Crippen molar-refractivity contribution < 1.29 is 14.3 Å². The van der Waals surface area contributed by atoms with Crippen LogP contribution in [0.4, 0.5) is 4.79 Å². The molecule has 2 atom stereocenters. The summed E-state index contributed by atoms with van der Waals surface area (Å²) >= 11 is 5.89. The molecule has 0 aromatic heterocycles. The molecule has 0 bridgehead atoms. The number of carbonyl (C=O) groups is 2. The summed E-state index contributed by atoms with van der Waals surface area (Å²) in [5.74, 6) is -0.146. The van der Waals surface area contributed by atoms with Crippen LogP contribution in [0.2, 0.25) is 0 Å². The lowest BCUT2D eigenvalue weighted by molar-refractivity contribution is -0.129. The lowest BCUT2D eigenvalue weighted by atomic mass is 9.91. The highest BCUT2D eigenvalue weighted by atomic mass is 35.5. The molecule has 1 rings (SSSR count). The molecular weight excluding hydrogens is 304 g/mol. The molecule has 0 N–H and O–H groups in total. The van der Waals surface area contributed by atoms with Crippen molar-refractivity contribution in [3.05, 3.63) is 11.6 Å². The highest BCUT2D eigenvalue weighted by Gasteiger charge is 2.52. The Kier molecular flexibility index (Phi) is 5.22. The van der Waals surface area contributed by atoms with Gasteiger partial charge in [-0.25, -0.2) is 4.79 Å². The second-order valence-electron chi connectivity index (χ2n) is 7.81. The third-order valence-corrected chi connectivity index (χ3v) is 3.55. The fourth-order valence-corrected chi connectivity index (χ4v) is 2.91. The van der Waals surface area contributed by atoms with Gasteiger partial charge in [-0.1, -0.05) is 39.0 Å². The van der Waals surface area contributed by atoms with Crippen molar-refractivity contribution in [2.45, 2.75) is 65.8 Å². The van der Waals surface area contributed by atoms with Crippen LogP contribution in [0.1, 0.15) is 48.0 Å². The van der Waals surface area contributed by atoms with E-state index in [0.29, 0.717) is 5.03 Å². The van der Waals surface area contributed by atoms with Gasteiger partial charge in [0.1, 0.15) is 17.8 Å². The summed E-state index contributed by atoms with van der Waals surface area (Å²) in [7, 11) is 1.70. The SMILES string of the molecule is C=C(Cl)C[C@H]1C(=O)N(C)[C@H](C(C)(C)C)N1C(=O)OC(C)(C)C. The lowest BCUT2D eigenvalue weighted by Crippen LogP contribution is -2.52. The zero-order valence-electron chi connectivity index (χ0n) is 14.6. The largest absolute Gasteiger partial charge is 0.444 e. The Labute approximate surface area is 138 Å². The van der Waals surface area contributed by atoms with Crippen molar-refractivity contribution in [2.75, 3.05) is 7.05 Å². The Morgan fingerprint density at radius 1 is 1.27 bits per heavy atom. The average Bonchev–Trinajstić information content (AvgIpc) is 2.50. The first-order valence-electron chi connectivity index (χ1n) is 7.37. The molecule has 5 nitrogen and oxygen atoms in total. The lowest BCUT2D eigenvalue weighted by Gasteiger charge is -2.39. The molecule has 0 spiro atoms. The number of likely N-dealkylation sites (N-methyl/N-ethyl adjacent to an activating group) is 1. The minimum atomic E-state index is -0.672. The molecule has 126 valence electrons. The second-order valence-corrected chi connectivity index (χ2v) is 8.35. The number of ether oxygens (including phenoxy) is 1. The van der Waals surface area contributed by atoms with Gasteiger partial charge in [-0.15, -0.1) is 0 Å². The Bertz CT molecular complexity index is 477. The number of hydrogen-bond donors (Lipinski definition) is 0. The summed E-state index contributed by atoms with van der Waals surface area (Å²) in [4.78, 5) is 28.3. The fourth-order valence-electron chi connectivity index (χ4n) is 2.77. The van der Waals surface area contributed by atoms with Gasteiger partial charge in [0.05, 0.1) is 0 Å². The zero-order valence-corrected chi connectivity index (χ0v) is 15.3. The topological polar surface area (TPSA) is 49.9 Å². The van der Waals surface area contributed by atoms with E-state index in [-0.39, 0.29) is 17.7 Å². The van der Waals surface area contributed by atoms with Gasteiger partial charge in [0, 0.05) is 23.9 Å². The Balaban J connectivity index is 3.23. The van der Waals surface area contributed by atoms with Crippen LogP contribution in [0.5, 0.6) is 0 Å². The molecule has 6 heteroatoms. The predicted molar refractivity (Wildman–Crippen MR) is 87.5 cm³/mol. The number of amides is 2. The van der Waals surface area contributed by atoms with Crippen molar-refractivity contribution in [1.82, 2.24) is 9.80 Å². The van der Waals surface area contributed by atoms with E-state index in [9.17, 15) is 9.59 Å². The summed E-state index contributed by atoms with van der Waals surface area (Å²) in [6.07, 6.45) is -0.680. The van der Waals surface area contributed by atoms with Crippen LogP contribution >= 0.6 is 11.6 Å². The van der Waals surface area contributed by atoms with Gasteiger partial charge in [-0.05, 0) is 20.8 Å². The van der Waals surface area contributed by atoms with E-state index in [2.05, 4.69) is 6.58 Å². The van der Waals surface area contributed by atoms with E-state index in [1.54, 1.807) is 32.7 Å². The molecular formula is C16H27ClN2O3. The summed E-state index contributed by atoms with van der Waals surface area (Å²) in [5.41, 5.74) is -0.948. The smallest absolute Gasteiger partial charge is 0.412 e. The molecule has 1 heterocycles. The maximum Gasteiger partial charge on any atom is 0.412 e. The van der Waals surface area contributed by atoms with E-state index in [1.807, 2.05) is 20.8 Å². The molecule has 0 saturated carbocycles. The fraction of sp³-hybridized carbons (Fsp3) is 0.750. The van der Waals surface area contributed by atoms with E-state index < -0.39 is 23.9 Å². The Morgan fingerprint density at radius 3 is 2.14 bits per heavy atom. The minimum absolute atomic E-state index is 0.146. The molecule has 1 saturated heterocycles. The van der Waals surface area contributed by atoms with Gasteiger partial charge in [0.2, 0.25) is 5.91 Å². The number of hydrogen-bond acceptors (Lipinski definition) is 3. The molecule has 1 aliphatic rings. The maximum absolute atomic E-state index is 12.7. The van der Waals surface area contributed by atoms with E-state index in [1.165, 1.54) is 4.90 Å². The quantitative estimate of drug-likeness (QED) is 0.777. The Morgan fingerprint density at radius 2 is 1.77 bits per heavy atom. The molecule has 1 fully saturated rings. The molecule has 0 unspecified atom stereocenters. The molecule has 0 aliphatic carbocycles. The van der Waals surface area contributed by atoms with Gasteiger partial charge in [0.15, 0.2) is 0 Å². The minimum Gasteiger partial charge on any atom is -0.444 e. The first-order valence-corrected chi connectivity index (χ1v) is 7.75. The van der Waals surface area contributed by atoms with E-state index in [4.69, 9.17) is 16.3 Å². The molecule has 2 amide bonds. The average molecular weight is 331 g/mol. The van der Waals surface area contributed by atoms with Crippen molar-refractivity contribution in [1.29, 1.82) is 0 Å². The van der Waals surface area contributed by atoms with Gasteiger partial charge in [-0.3, -0.25) is 9.69 Å². The normalized spacial score (nSPS) is 23.0. The molecule has 0 aromatic carbocycles. The van der Waals surface area contributed by atoms with Crippen molar-refractivity contribution >= 4 is 23.6 Å². The number of rotatable bonds is 2. The summed E-state index contributed by atoms with van der Waals surface area (Å²) < 4.78 is 5.49. The van der Waals surface area contributed by atoms with E-state index >= 15 is 0 Å². The highest BCUT2D eigenvalue weighted by molar-refractivity contribution is 6.29. The van der Waals surface area contributed by atoms with Crippen molar-refractivity contribution in [3.8, 4) is 0 Å². The highest BCUT2D eigenvalue weighted by Crippen LogP contribution is 2.36. The molecule has 1 aliphatic heterocycles. The summed E-state index contributed by atoms with van der Waals surface area (Å²) in [6.45, 7) is 15.0. The molecule has 0 radical (unpaired) electrons. The van der Waals surface area contributed by atoms with Crippen molar-refractivity contribution in [3.63, 3.8) is 0 Å². The predicted octanol–water partition coefficient (Wildman–Crippen LogP) is 3.58. The molecule has 0 aromatic rings. The van der Waals surface area contributed by atoms with Crippen LogP contribution in [-0.4, -0.2) is 46.7 Å². The third kappa shape index (κ3) is 4.15. The van der Waals surface area contributed by atoms with Gasteiger partial charge in [0.25, 0.3) is 0 Å². The van der Waals surface area contributed by atoms with Crippen LogP contribution in [0.25, 0.3) is 0 Å². The zero-order chi connectivity index (χ0) is 17.5. The first kappa shape index (κ1) is 18.8. The summed E-state index contributed by atoms with van der Waals surface area (Å²) in [5, 5.41) is 0.342. The van der Waals surface area contributed by atoms with Crippen LogP contribution in [0.3, 0.4) is 0 Å².